The Hall–Kier alpha value is -2.01. The molecule has 5 heteroatoms. The van der Waals surface area contributed by atoms with E-state index >= 15 is 0 Å². The number of aromatic amines is 1. The molecular weight excluding hydrogens is 264 g/mol. The van der Waals surface area contributed by atoms with Crippen LogP contribution in [0.2, 0.25) is 0 Å². The van der Waals surface area contributed by atoms with Crippen LogP contribution in [0, 0.1) is 0 Å². The first-order valence-corrected chi connectivity index (χ1v) is 7.38. The Bertz CT molecular complexity index is 569. The second kappa shape index (κ2) is 6.18. The van der Waals surface area contributed by atoms with Crippen LogP contribution in [0.3, 0.4) is 0 Å². The van der Waals surface area contributed by atoms with Crippen molar-refractivity contribution < 1.29 is 4.74 Å². The lowest BCUT2D eigenvalue weighted by Gasteiger charge is -2.41. The van der Waals surface area contributed by atoms with Crippen LogP contribution in [-0.4, -0.2) is 47.7 Å². The summed E-state index contributed by atoms with van der Waals surface area (Å²) in [6.45, 7) is 6.19. The minimum Gasteiger partial charge on any atom is -0.495 e. The van der Waals surface area contributed by atoms with E-state index in [0.29, 0.717) is 6.04 Å². The Kier molecular flexibility index (Phi) is 4.10. The van der Waals surface area contributed by atoms with E-state index in [1.54, 1.807) is 7.11 Å². The highest BCUT2D eigenvalue weighted by Gasteiger charge is 2.25. The minimum absolute atomic E-state index is 0.480. The highest BCUT2D eigenvalue weighted by Crippen LogP contribution is 2.29. The first-order valence-electron chi connectivity index (χ1n) is 7.38. The molecular formula is C16H22N4O. The van der Waals surface area contributed by atoms with E-state index in [1.807, 2.05) is 24.5 Å². The number of anilines is 1. The SMILES string of the molecule is COc1ccccc1N1CCN(Cc2ncc[nH]2)C(C)C1. The van der Waals surface area contributed by atoms with E-state index in [9.17, 15) is 0 Å². The molecule has 1 saturated heterocycles. The average Bonchev–Trinajstić information content (AvgIpc) is 3.02. The van der Waals surface area contributed by atoms with Gasteiger partial charge in [0.1, 0.15) is 11.6 Å². The van der Waals surface area contributed by atoms with Gasteiger partial charge in [-0.15, -0.1) is 0 Å². The number of imidazole rings is 1. The fraction of sp³-hybridized carbons (Fsp3) is 0.438. The van der Waals surface area contributed by atoms with Gasteiger partial charge >= 0.3 is 0 Å². The molecule has 2 aromatic rings. The van der Waals surface area contributed by atoms with Crippen molar-refractivity contribution in [3.63, 3.8) is 0 Å². The van der Waals surface area contributed by atoms with Crippen LogP contribution >= 0.6 is 0 Å². The van der Waals surface area contributed by atoms with Crippen molar-refractivity contribution in [1.82, 2.24) is 14.9 Å². The lowest BCUT2D eigenvalue weighted by Crippen LogP contribution is -2.51. The summed E-state index contributed by atoms with van der Waals surface area (Å²) in [5.74, 6) is 1.98. The molecule has 0 radical (unpaired) electrons. The summed E-state index contributed by atoms with van der Waals surface area (Å²) in [6, 6.07) is 8.72. The summed E-state index contributed by atoms with van der Waals surface area (Å²) in [7, 11) is 1.73. The fourth-order valence-electron chi connectivity index (χ4n) is 2.92. The van der Waals surface area contributed by atoms with Crippen LogP contribution in [0.1, 0.15) is 12.7 Å². The number of nitrogens with zero attached hydrogens (tertiary/aromatic N) is 3. The lowest BCUT2D eigenvalue weighted by atomic mass is 10.1. The van der Waals surface area contributed by atoms with Gasteiger partial charge < -0.3 is 14.6 Å². The third-order valence-electron chi connectivity index (χ3n) is 4.10. The molecule has 0 amide bonds. The van der Waals surface area contributed by atoms with Crippen LogP contribution in [0.4, 0.5) is 5.69 Å². The van der Waals surface area contributed by atoms with Crippen molar-refractivity contribution in [1.29, 1.82) is 0 Å². The first kappa shape index (κ1) is 13.9. The summed E-state index contributed by atoms with van der Waals surface area (Å²) in [5, 5.41) is 0. The Labute approximate surface area is 125 Å². The maximum atomic E-state index is 5.48. The molecule has 1 unspecified atom stereocenters. The Morgan fingerprint density at radius 2 is 2.19 bits per heavy atom. The molecule has 1 atom stereocenters. The Balaban J connectivity index is 1.67. The molecule has 1 aromatic heterocycles. The molecule has 0 aliphatic carbocycles. The molecule has 2 heterocycles. The third-order valence-corrected chi connectivity index (χ3v) is 4.10. The molecule has 0 saturated carbocycles. The lowest BCUT2D eigenvalue weighted by molar-refractivity contribution is 0.176. The zero-order valence-corrected chi connectivity index (χ0v) is 12.6. The van der Waals surface area contributed by atoms with Crippen molar-refractivity contribution in [2.24, 2.45) is 0 Å². The van der Waals surface area contributed by atoms with Crippen LogP contribution in [0.15, 0.2) is 36.7 Å². The highest BCUT2D eigenvalue weighted by molar-refractivity contribution is 5.58. The van der Waals surface area contributed by atoms with E-state index in [2.05, 4.69) is 38.8 Å². The largest absolute Gasteiger partial charge is 0.495 e. The van der Waals surface area contributed by atoms with Gasteiger partial charge in [0.15, 0.2) is 0 Å². The van der Waals surface area contributed by atoms with E-state index in [-0.39, 0.29) is 0 Å². The van der Waals surface area contributed by atoms with Crippen molar-refractivity contribution in [3.05, 3.63) is 42.5 Å². The van der Waals surface area contributed by atoms with E-state index < -0.39 is 0 Å². The predicted octanol–water partition coefficient (Wildman–Crippen LogP) is 2.13. The van der Waals surface area contributed by atoms with Crippen molar-refractivity contribution in [3.8, 4) is 5.75 Å². The minimum atomic E-state index is 0.480. The van der Waals surface area contributed by atoms with E-state index in [4.69, 9.17) is 4.74 Å². The predicted molar refractivity (Wildman–Crippen MR) is 83.7 cm³/mol. The zero-order chi connectivity index (χ0) is 14.7. The number of nitrogens with one attached hydrogen (secondary N) is 1. The molecule has 1 aliphatic rings. The van der Waals surface area contributed by atoms with E-state index in [1.165, 1.54) is 5.69 Å². The van der Waals surface area contributed by atoms with Crippen molar-refractivity contribution in [2.45, 2.75) is 19.5 Å². The molecule has 112 valence electrons. The molecule has 1 fully saturated rings. The van der Waals surface area contributed by atoms with Gasteiger partial charge in [-0.1, -0.05) is 12.1 Å². The van der Waals surface area contributed by atoms with Gasteiger partial charge in [0.2, 0.25) is 0 Å². The second-order valence-electron chi connectivity index (χ2n) is 5.47. The van der Waals surface area contributed by atoms with Crippen LogP contribution in [0.25, 0.3) is 0 Å². The molecule has 1 N–H and O–H groups in total. The number of hydrogen-bond donors (Lipinski definition) is 1. The number of hydrogen-bond acceptors (Lipinski definition) is 4. The monoisotopic (exact) mass is 286 g/mol. The van der Waals surface area contributed by atoms with Gasteiger partial charge in [0.25, 0.3) is 0 Å². The second-order valence-corrected chi connectivity index (χ2v) is 5.47. The number of ether oxygens (including phenoxy) is 1. The molecule has 0 spiro atoms. The number of rotatable bonds is 4. The van der Waals surface area contributed by atoms with Gasteiger partial charge in [-0.25, -0.2) is 4.98 Å². The average molecular weight is 286 g/mol. The van der Waals surface area contributed by atoms with Gasteiger partial charge in [0.05, 0.1) is 19.3 Å². The summed E-state index contributed by atoms with van der Waals surface area (Å²) in [5.41, 5.74) is 1.18. The number of methoxy groups -OCH3 is 1. The van der Waals surface area contributed by atoms with Gasteiger partial charge in [-0.2, -0.15) is 0 Å². The van der Waals surface area contributed by atoms with Crippen LogP contribution in [-0.2, 0) is 6.54 Å². The molecule has 1 aliphatic heterocycles. The summed E-state index contributed by atoms with van der Waals surface area (Å²) < 4.78 is 5.48. The number of piperazine rings is 1. The van der Waals surface area contributed by atoms with Crippen LogP contribution in [0.5, 0.6) is 5.75 Å². The summed E-state index contributed by atoms with van der Waals surface area (Å²) >= 11 is 0. The molecule has 5 nitrogen and oxygen atoms in total. The Morgan fingerprint density at radius 1 is 1.33 bits per heavy atom. The maximum absolute atomic E-state index is 5.48. The van der Waals surface area contributed by atoms with Crippen molar-refractivity contribution >= 4 is 5.69 Å². The summed E-state index contributed by atoms with van der Waals surface area (Å²) in [6.07, 6.45) is 3.69. The molecule has 21 heavy (non-hydrogen) atoms. The molecule has 1 aromatic carbocycles. The smallest absolute Gasteiger partial charge is 0.142 e. The number of H-pyrrole nitrogens is 1. The molecule has 0 bridgehead atoms. The standard InChI is InChI=1S/C16H22N4O/c1-13-11-20(14-5-3-4-6-15(14)21-2)10-9-19(13)12-16-17-7-8-18-16/h3-8,13H,9-12H2,1-2H3,(H,17,18). The molecule has 3 rings (SSSR count). The van der Waals surface area contributed by atoms with Gasteiger partial charge in [0, 0.05) is 38.1 Å². The number of aromatic nitrogens is 2. The maximum Gasteiger partial charge on any atom is 0.142 e. The first-order chi connectivity index (χ1) is 10.3. The normalized spacial score (nSPS) is 19.7. The summed E-state index contributed by atoms with van der Waals surface area (Å²) in [4.78, 5) is 12.4. The van der Waals surface area contributed by atoms with E-state index in [0.717, 1.165) is 37.8 Å². The number of para-hydroxylation sites is 2. The zero-order valence-electron chi connectivity index (χ0n) is 12.6. The fourth-order valence-corrected chi connectivity index (χ4v) is 2.92. The van der Waals surface area contributed by atoms with Crippen molar-refractivity contribution in [2.75, 3.05) is 31.6 Å². The highest BCUT2D eigenvalue weighted by atomic mass is 16.5. The Morgan fingerprint density at radius 3 is 2.90 bits per heavy atom. The quantitative estimate of drug-likeness (QED) is 0.935. The topological polar surface area (TPSA) is 44.4 Å². The van der Waals surface area contributed by atoms with Crippen LogP contribution < -0.4 is 9.64 Å². The third kappa shape index (κ3) is 3.03. The van der Waals surface area contributed by atoms with Gasteiger partial charge in [-0.05, 0) is 19.1 Å². The number of benzene rings is 1. The van der Waals surface area contributed by atoms with Gasteiger partial charge in [-0.3, -0.25) is 4.90 Å².